The van der Waals surface area contributed by atoms with Crippen LogP contribution in [0.15, 0.2) is 41.4 Å². The van der Waals surface area contributed by atoms with E-state index in [1.807, 2.05) is 0 Å². The van der Waals surface area contributed by atoms with Gasteiger partial charge in [-0.3, -0.25) is 4.79 Å². The van der Waals surface area contributed by atoms with E-state index in [4.69, 9.17) is 9.47 Å². The van der Waals surface area contributed by atoms with Crippen LogP contribution in [0, 0.1) is 11.6 Å². The van der Waals surface area contributed by atoms with Gasteiger partial charge in [0.05, 0.1) is 23.4 Å². The number of nitrogens with zero attached hydrogens (tertiary/aromatic N) is 2. The number of methoxy groups -OCH3 is 1. The molecule has 1 amide bonds. The predicted molar refractivity (Wildman–Crippen MR) is 113 cm³/mol. The average molecular weight is 435 g/mol. The molecule has 3 rings (SSSR count). The number of ether oxygens (including phenoxy) is 2. The summed E-state index contributed by atoms with van der Waals surface area (Å²) in [5, 5.41) is 0. The zero-order valence-corrected chi connectivity index (χ0v) is 17.8. The topological polar surface area (TPSA) is 52.8 Å². The van der Waals surface area contributed by atoms with Gasteiger partial charge in [-0.15, -0.1) is 0 Å². The van der Waals surface area contributed by atoms with Gasteiger partial charge in [0.15, 0.2) is 10.6 Å². The van der Waals surface area contributed by atoms with Crippen LogP contribution in [0.4, 0.5) is 8.78 Å². The number of hydrogen-bond acceptors (Lipinski definition) is 4. The molecule has 8 heteroatoms. The summed E-state index contributed by atoms with van der Waals surface area (Å²) in [4.78, 5) is 17.1. The maximum atomic E-state index is 14.4. The van der Waals surface area contributed by atoms with Crippen LogP contribution in [0.1, 0.15) is 36.5 Å². The largest absolute Gasteiger partial charge is 0.494 e. The summed E-state index contributed by atoms with van der Waals surface area (Å²) in [5.41, 5.74) is 0.596. The first kappa shape index (κ1) is 22.1. The zero-order valence-electron chi connectivity index (χ0n) is 17.0. The van der Waals surface area contributed by atoms with Crippen LogP contribution < -0.4 is 9.54 Å². The lowest BCUT2D eigenvalue weighted by Gasteiger charge is -2.06. The molecule has 0 atom stereocenters. The number of unbranched alkanes of at least 4 members (excludes halogenated alkanes) is 2. The smallest absolute Gasteiger partial charge is 0.279 e. The number of amides is 1. The molecular weight excluding hydrogens is 410 g/mol. The van der Waals surface area contributed by atoms with Gasteiger partial charge >= 0.3 is 0 Å². The summed E-state index contributed by atoms with van der Waals surface area (Å²) in [6, 6.07) is 8.81. The van der Waals surface area contributed by atoms with Crippen molar-refractivity contribution in [2.75, 3.05) is 20.3 Å². The quantitative estimate of drug-likeness (QED) is 0.449. The molecule has 3 aromatic rings. The Hall–Kier alpha value is -2.58. The second-order valence-electron chi connectivity index (χ2n) is 6.76. The van der Waals surface area contributed by atoms with Crippen LogP contribution in [0.25, 0.3) is 10.2 Å². The molecule has 1 aromatic heterocycles. The van der Waals surface area contributed by atoms with Crippen molar-refractivity contribution in [1.82, 2.24) is 4.57 Å². The minimum atomic E-state index is -0.698. The van der Waals surface area contributed by atoms with E-state index in [0.717, 1.165) is 36.7 Å². The van der Waals surface area contributed by atoms with Gasteiger partial charge in [0.2, 0.25) is 0 Å². The van der Waals surface area contributed by atoms with Crippen molar-refractivity contribution in [3.8, 4) is 5.75 Å². The number of rotatable bonds is 9. The molecule has 0 aliphatic heterocycles. The minimum absolute atomic E-state index is 0.209. The Kier molecular flexibility index (Phi) is 7.70. The summed E-state index contributed by atoms with van der Waals surface area (Å²) in [7, 11) is 1.53. The van der Waals surface area contributed by atoms with Crippen molar-refractivity contribution in [1.29, 1.82) is 0 Å². The van der Waals surface area contributed by atoms with Crippen molar-refractivity contribution >= 4 is 27.5 Å². The highest BCUT2D eigenvalue weighted by Crippen LogP contribution is 2.22. The van der Waals surface area contributed by atoms with Crippen LogP contribution >= 0.6 is 11.3 Å². The molecule has 0 saturated heterocycles. The van der Waals surface area contributed by atoms with E-state index in [0.29, 0.717) is 29.2 Å². The molecule has 1 heterocycles. The number of thiazole rings is 1. The summed E-state index contributed by atoms with van der Waals surface area (Å²) >= 11 is 1.06. The zero-order chi connectivity index (χ0) is 21.5. The van der Waals surface area contributed by atoms with E-state index in [2.05, 4.69) is 11.9 Å². The molecule has 0 N–H and O–H groups in total. The summed E-state index contributed by atoms with van der Waals surface area (Å²) in [6.45, 7) is 3.35. The third-order valence-corrected chi connectivity index (χ3v) is 5.55. The van der Waals surface area contributed by atoms with E-state index in [1.54, 1.807) is 28.8 Å². The van der Waals surface area contributed by atoms with Crippen LogP contribution in [0.2, 0.25) is 0 Å². The number of benzene rings is 2. The molecular formula is C22H24F2N2O3S. The predicted octanol–water partition coefficient (Wildman–Crippen LogP) is 4.94. The number of aromatic nitrogens is 1. The normalized spacial score (nSPS) is 11.9. The maximum absolute atomic E-state index is 14.4. The van der Waals surface area contributed by atoms with Gasteiger partial charge in [-0.2, -0.15) is 4.99 Å². The Balaban J connectivity index is 1.88. The Bertz CT molecular complexity index is 1070. The fourth-order valence-electron chi connectivity index (χ4n) is 2.99. The third-order valence-electron chi connectivity index (χ3n) is 4.53. The average Bonchev–Trinajstić information content (AvgIpc) is 3.07. The first-order valence-corrected chi connectivity index (χ1v) is 10.6. The molecule has 30 heavy (non-hydrogen) atoms. The van der Waals surface area contributed by atoms with E-state index in [9.17, 15) is 13.6 Å². The van der Waals surface area contributed by atoms with E-state index < -0.39 is 17.5 Å². The van der Waals surface area contributed by atoms with Crippen molar-refractivity contribution < 1.29 is 23.0 Å². The van der Waals surface area contributed by atoms with Crippen LogP contribution in [-0.2, 0) is 11.3 Å². The van der Waals surface area contributed by atoms with Gasteiger partial charge in [0.25, 0.3) is 5.91 Å². The molecule has 0 saturated carbocycles. The molecule has 0 radical (unpaired) electrons. The number of halogens is 2. The Labute approximate surface area is 177 Å². The van der Waals surface area contributed by atoms with Crippen LogP contribution in [0.3, 0.4) is 0 Å². The fraction of sp³-hybridized carbons (Fsp3) is 0.364. The fourth-order valence-corrected chi connectivity index (χ4v) is 4.09. The Morgan fingerprint density at radius 1 is 1.13 bits per heavy atom. The molecule has 0 aliphatic carbocycles. The van der Waals surface area contributed by atoms with Crippen molar-refractivity contribution in [2.45, 2.75) is 32.7 Å². The number of hydrogen-bond donors (Lipinski definition) is 0. The van der Waals surface area contributed by atoms with Gasteiger partial charge in [-0.05, 0) is 36.8 Å². The number of fused-ring (bicyclic) bond motifs is 1. The van der Waals surface area contributed by atoms with E-state index in [-0.39, 0.29) is 16.9 Å². The first-order valence-electron chi connectivity index (χ1n) is 9.82. The highest BCUT2D eigenvalue weighted by Gasteiger charge is 2.14. The summed E-state index contributed by atoms with van der Waals surface area (Å²) in [6.07, 6.45) is 3.21. The molecule has 0 spiro atoms. The van der Waals surface area contributed by atoms with Crippen molar-refractivity contribution in [2.24, 2.45) is 4.99 Å². The molecule has 2 aromatic carbocycles. The van der Waals surface area contributed by atoms with E-state index >= 15 is 0 Å². The Morgan fingerprint density at radius 2 is 1.90 bits per heavy atom. The molecule has 0 aliphatic rings. The molecule has 160 valence electrons. The van der Waals surface area contributed by atoms with Gasteiger partial charge in [-0.25, -0.2) is 8.78 Å². The highest BCUT2D eigenvalue weighted by molar-refractivity contribution is 7.16. The minimum Gasteiger partial charge on any atom is -0.494 e. The standard InChI is InChI=1S/C22H24F2N2O3S/c1-3-4-5-11-29-17-8-6-15(7-9-17)21(27)25-22-26(10-12-28-2)20-18(24)13-16(23)14-19(20)30-22/h6-9,13-14H,3-5,10-12H2,1-2H3. The third kappa shape index (κ3) is 5.31. The SMILES string of the molecule is CCCCCOc1ccc(C(=O)N=c2sc3cc(F)cc(F)c3n2CCOC)cc1. The van der Waals surface area contributed by atoms with Gasteiger partial charge in [-0.1, -0.05) is 31.1 Å². The number of carbonyl (C=O) groups excluding carboxylic acids is 1. The summed E-state index contributed by atoms with van der Waals surface area (Å²) < 4.78 is 40.6. The lowest BCUT2D eigenvalue weighted by molar-refractivity contribution is 0.0997. The lowest BCUT2D eigenvalue weighted by Crippen LogP contribution is -2.20. The maximum Gasteiger partial charge on any atom is 0.279 e. The molecule has 5 nitrogen and oxygen atoms in total. The van der Waals surface area contributed by atoms with Crippen LogP contribution in [-0.4, -0.2) is 30.8 Å². The second kappa shape index (κ2) is 10.4. The van der Waals surface area contributed by atoms with Gasteiger partial charge in [0, 0.05) is 25.3 Å². The molecule has 0 fully saturated rings. The van der Waals surface area contributed by atoms with E-state index in [1.165, 1.54) is 13.2 Å². The first-order chi connectivity index (χ1) is 14.5. The van der Waals surface area contributed by atoms with Crippen LogP contribution in [0.5, 0.6) is 5.75 Å². The molecule has 0 unspecified atom stereocenters. The van der Waals surface area contributed by atoms with Crippen molar-refractivity contribution in [3.05, 3.63) is 58.4 Å². The van der Waals surface area contributed by atoms with Gasteiger partial charge in [0.1, 0.15) is 11.6 Å². The second-order valence-corrected chi connectivity index (χ2v) is 7.77. The highest BCUT2D eigenvalue weighted by atomic mass is 32.1. The number of carbonyl (C=O) groups is 1. The Morgan fingerprint density at radius 3 is 2.60 bits per heavy atom. The lowest BCUT2D eigenvalue weighted by atomic mass is 10.2. The molecule has 0 bridgehead atoms. The summed E-state index contributed by atoms with van der Waals surface area (Å²) in [5.74, 6) is -1.15. The monoisotopic (exact) mass is 434 g/mol. The van der Waals surface area contributed by atoms with Gasteiger partial charge < -0.3 is 14.0 Å². The van der Waals surface area contributed by atoms with Crippen molar-refractivity contribution in [3.63, 3.8) is 0 Å².